The smallest absolute Gasteiger partial charge is 0.259 e. The monoisotopic (exact) mass is 343 g/mol. The lowest BCUT2D eigenvalue weighted by molar-refractivity contribution is 0.102. The average molecular weight is 344 g/mol. The van der Waals surface area contributed by atoms with Crippen molar-refractivity contribution in [1.29, 1.82) is 0 Å². The predicted molar refractivity (Wildman–Crippen MR) is 92.4 cm³/mol. The lowest BCUT2D eigenvalue weighted by Crippen LogP contribution is -2.15. The highest BCUT2D eigenvalue weighted by atomic mass is 35.5. The van der Waals surface area contributed by atoms with Crippen molar-refractivity contribution in [2.75, 3.05) is 5.32 Å². The van der Waals surface area contributed by atoms with Gasteiger partial charge in [0.25, 0.3) is 5.91 Å². The normalized spacial score (nSPS) is 10.7. The largest absolute Gasteiger partial charge is 0.319 e. The summed E-state index contributed by atoms with van der Waals surface area (Å²) in [5.74, 6) is -0.991. The number of nitrogens with zero attached hydrogens (tertiary/aromatic N) is 2. The molecule has 0 aliphatic heterocycles. The second-order valence-electron chi connectivity index (χ2n) is 5.37. The molecular formula is C18H15ClFN3O. The van der Waals surface area contributed by atoms with Crippen molar-refractivity contribution in [3.8, 4) is 5.69 Å². The van der Waals surface area contributed by atoms with Gasteiger partial charge in [-0.3, -0.25) is 4.79 Å². The van der Waals surface area contributed by atoms with E-state index in [2.05, 4.69) is 10.4 Å². The summed E-state index contributed by atoms with van der Waals surface area (Å²) in [5, 5.41) is 7.27. The molecule has 0 unspecified atom stereocenters. The van der Waals surface area contributed by atoms with E-state index >= 15 is 0 Å². The number of amides is 1. The summed E-state index contributed by atoms with van der Waals surface area (Å²) in [5.41, 5.74) is 2.62. The van der Waals surface area contributed by atoms with Crippen molar-refractivity contribution < 1.29 is 9.18 Å². The third-order valence-electron chi connectivity index (χ3n) is 3.70. The number of rotatable bonds is 3. The van der Waals surface area contributed by atoms with Crippen LogP contribution in [0, 0.1) is 19.7 Å². The van der Waals surface area contributed by atoms with Gasteiger partial charge in [0.15, 0.2) is 0 Å². The molecule has 0 bridgehead atoms. The Hall–Kier alpha value is -2.66. The van der Waals surface area contributed by atoms with Gasteiger partial charge in [0.1, 0.15) is 5.82 Å². The zero-order chi connectivity index (χ0) is 17.3. The van der Waals surface area contributed by atoms with Gasteiger partial charge in [-0.15, -0.1) is 0 Å². The Morgan fingerprint density at radius 3 is 2.54 bits per heavy atom. The maximum atomic E-state index is 13.9. The van der Waals surface area contributed by atoms with Crippen LogP contribution in [0.1, 0.15) is 21.7 Å². The number of halogens is 2. The molecule has 122 valence electrons. The van der Waals surface area contributed by atoms with Gasteiger partial charge in [0.2, 0.25) is 0 Å². The van der Waals surface area contributed by atoms with Crippen LogP contribution in [0.3, 0.4) is 0 Å². The lowest BCUT2D eigenvalue weighted by Gasteiger charge is -2.08. The van der Waals surface area contributed by atoms with Gasteiger partial charge in [-0.05, 0) is 44.2 Å². The van der Waals surface area contributed by atoms with E-state index < -0.39 is 11.7 Å². The molecule has 0 spiro atoms. The first-order valence-electron chi connectivity index (χ1n) is 7.35. The second-order valence-corrected chi connectivity index (χ2v) is 5.81. The first-order valence-corrected chi connectivity index (χ1v) is 7.73. The van der Waals surface area contributed by atoms with E-state index in [4.69, 9.17) is 11.6 Å². The number of benzene rings is 2. The van der Waals surface area contributed by atoms with E-state index in [0.29, 0.717) is 17.0 Å². The molecule has 0 aliphatic rings. The molecule has 6 heteroatoms. The summed E-state index contributed by atoms with van der Waals surface area (Å²) in [6.45, 7) is 3.56. The Morgan fingerprint density at radius 1 is 1.17 bits per heavy atom. The SMILES string of the molecule is Cc1nn(-c2ccccc2)c(C)c1C(=O)Nc1ccc(Cl)cc1F. The molecule has 0 aliphatic carbocycles. The first-order chi connectivity index (χ1) is 11.5. The number of aryl methyl sites for hydroxylation is 1. The maximum absolute atomic E-state index is 13.9. The van der Waals surface area contributed by atoms with Crippen molar-refractivity contribution >= 4 is 23.2 Å². The third kappa shape index (κ3) is 3.03. The van der Waals surface area contributed by atoms with E-state index in [-0.39, 0.29) is 10.7 Å². The minimum Gasteiger partial charge on any atom is -0.319 e. The number of hydrogen-bond donors (Lipinski definition) is 1. The van der Waals surface area contributed by atoms with Crippen molar-refractivity contribution in [3.63, 3.8) is 0 Å². The molecule has 0 saturated heterocycles. The van der Waals surface area contributed by atoms with Crippen LogP contribution in [-0.2, 0) is 0 Å². The molecule has 1 aromatic heterocycles. The number of carbonyl (C=O) groups is 1. The van der Waals surface area contributed by atoms with E-state index in [1.54, 1.807) is 18.5 Å². The van der Waals surface area contributed by atoms with Gasteiger partial charge in [-0.2, -0.15) is 5.10 Å². The number of carbonyl (C=O) groups excluding carboxylic acids is 1. The highest BCUT2D eigenvalue weighted by Crippen LogP contribution is 2.22. The molecule has 0 saturated carbocycles. The average Bonchev–Trinajstić information content (AvgIpc) is 2.85. The van der Waals surface area contributed by atoms with E-state index in [0.717, 1.165) is 11.8 Å². The van der Waals surface area contributed by atoms with E-state index in [1.807, 2.05) is 30.3 Å². The molecule has 0 radical (unpaired) electrons. The molecule has 4 nitrogen and oxygen atoms in total. The van der Waals surface area contributed by atoms with Crippen LogP contribution in [0.15, 0.2) is 48.5 Å². The summed E-state index contributed by atoms with van der Waals surface area (Å²) in [6, 6.07) is 13.6. The summed E-state index contributed by atoms with van der Waals surface area (Å²) >= 11 is 5.73. The predicted octanol–water partition coefficient (Wildman–Crippen LogP) is 4.53. The Morgan fingerprint density at radius 2 is 1.88 bits per heavy atom. The van der Waals surface area contributed by atoms with Crippen LogP contribution in [0.25, 0.3) is 5.69 Å². The summed E-state index contributed by atoms with van der Waals surface area (Å²) < 4.78 is 15.6. The Kier molecular flexibility index (Phi) is 4.36. The van der Waals surface area contributed by atoms with Gasteiger partial charge in [-0.1, -0.05) is 29.8 Å². The molecule has 1 heterocycles. The number of aromatic nitrogens is 2. The molecule has 3 aromatic rings. The van der Waals surface area contributed by atoms with E-state index in [1.165, 1.54) is 12.1 Å². The fourth-order valence-corrected chi connectivity index (χ4v) is 2.73. The van der Waals surface area contributed by atoms with Crippen molar-refractivity contribution in [2.24, 2.45) is 0 Å². The highest BCUT2D eigenvalue weighted by Gasteiger charge is 2.20. The lowest BCUT2D eigenvalue weighted by atomic mass is 10.1. The Bertz CT molecular complexity index is 906. The zero-order valence-electron chi connectivity index (χ0n) is 13.2. The van der Waals surface area contributed by atoms with Gasteiger partial charge in [0, 0.05) is 5.02 Å². The molecule has 24 heavy (non-hydrogen) atoms. The van der Waals surface area contributed by atoms with Crippen LogP contribution in [-0.4, -0.2) is 15.7 Å². The minimum absolute atomic E-state index is 0.0793. The standard InChI is InChI=1S/C18H15ClFN3O/c1-11-17(12(2)23(22-11)14-6-4-3-5-7-14)18(24)21-16-9-8-13(19)10-15(16)20/h3-10H,1-2H3,(H,21,24). The fraction of sp³-hybridized carbons (Fsp3) is 0.111. The van der Waals surface area contributed by atoms with Gasteiger partial charge in [0.05, 0.1) is 28.3 Å². The molecule has 2 aromatic carbocycles. The quantitative estimate of drug-likeness (QED) is 0.759. The maximum Gasteiger partial charge on any atom is 0.259 e. The van der Waals surface area contributed by atoms with Gasteiger partial charge < -0.3 is 5.32 Å². The third-order valence-corrected chi connectivity index (χ3v) is 3.93. The Balaban J connectivity index is 1.95. The van der Waals surface area contributed by atoms with Crippen LogP contribution in [0.2, 0.25) is 5.02 Å². The molecular weight excluding hydrogens is 329 g/mol. The number of anilines is 1. The molecule has 1 N–H and O–H groups in total. The first kappa shape index (κ1) is 16.2. The summed E-state index contributed by atoms with van der Waals surface area (Å²) in [7, 11) is 0. The van der Waals surface area contributed by atoms with Crippen molar-refractivity contribution in [2.45, 2.75) is 13.8 Å². The topological polar surface area (TPSA) is 46.9 Å². The number of hydrogen-bond acceptors (Lipinski definition) is 2. The Labute approximate surface area is 143 Å². The summed E-state index contributed by atoms with van der Waals surface area (Å²) in [6.07, 6.45) is 0. The zero-order valence-corrected chi connectivity index (χ0v) is 13.9. The van der Waals surface area contributed by atoms with Crippen LogP contribution >= 0.6 is 11.6 Å². The van der Waals surface area contributed by atoms with Gasteiger partial charge in [-0.25, -0.2) is 9.07 Å². The molecule has 3 rings (SSSR count). The number of para-hydroxylation sites is 1. The molecule has 0 atom stereocenters. The fourth-order valence-electron chi connectivity index (χ4n) is 2.57. The van der Waals surface area contributed by atoms with Crippen LogP contribution in [0.5, 0.6) is 0 Å². The molecule has 0 fully saturated rings. The highest BCUT2D eigenvalue weighted by molar-refractivity contribution is 6.30. The second kappa shape index (κ2) is 6.45. The van der Waals surface area contributed by atoms with Crippen LogP contribution in [0.4, 0.5) is 10.1 Å². The van der Waals surface area contributed by atoms with Crippen LogP contribution < -0.4 is 5.32 Å². The van der Waals surface area contributed by atoms with Crippen molar-refractivity contribution in [3.05, 3.63) is 76.3 Å². The number of nitrogens with one attached hydrogen (secondary N) is 1. The summed E-state index contributed by atoms with van der Waals surface area (Å²) in [4.78, 5) is 12.6. The van der Waals surface area contributed by atoms with Crippen molar-refractivity contribution in [1.82, 2.24) is 9.78 Å². The molecule has 1 amide bonds. The minimum atomic E-state index is -0.582. The van der Waals surface area contributed by atoms with Gasteiger partial charge >= 0.3 is 0 Å². The van der Waals surface area contributed by atoms with E-state index in [9.17, 15) is 9.18 Å².